The van der Waals surface area contributed by atoms with Crippen LogP contribution in [0.5, 0.6) is 11.5 Å². The van der Waals surface area contributed by atoms with E-state index < -0.39 is 6.04 Å². The van der Waals surface area contributed by atoms with Crippen LogP contribution in [0.4, 0.5) is 0 Å². The summed E-state index contributed by atoms with van der Waals surface area (Å²) in [6.45, 7) is 0.949. The Kier molecular flexibility index (Phi) is 2.92. The predicted molar refractivity (Wildman–Crippen MR) is 76.9 cm³/mol. The lowest BCUT2D eigenvalue weighted by Crippen LogP contribution is -2.37. The fourth-order valence-corrected chi connectivity index (χ4v) is 2.69. The number of guanidine groups is 1. The lowest BCUT2D eigenvalue weighted by molar-refractivity contribution is -0.120. The Morgan fingerprint density at radius 1 is 1.29 bits per heavy atom. The average Bonchev–Trinajstić information content (AvgIpc) is 3.20. The van der Waals surface area contributed by atoms with Crippen LogP contribution in [0, 0.1) is 0 Å². The maximum Gasteiger partial charge on any atom is 0.256 e. The number of carbonyl (C=O) groups is 1. The molecule has 0 bridgehead atoms. The summed E-state index contributed by atoms with van der Waals surface area (Å²) in [5.41, 5.74) is 0.703. The maximum atomic E-state index is 12.1. The second-order valence-corrected chi connectivity index (χ2v) is 5.72. The number of ether oxygens (including phenoxy) is 2. The van der Waals surface area contributed by atoms with Gasteiger partial charge in [-0.3, -0.25) is 10.1 Å². The number of rotatable bonds is 2. The zero-order valence-corrected chi connectivity index (χ0v) is 11.9. The zero-order valence-electron chi connectivity index (χ0n) is 11.2. The fraction of sp³-hybridized carbons (Fsp3) is 0.429. The summed E-state index contributed by atoms with van der Waals surface area (Å²) < 4.78 is 11.0. The minimum absolute atomic E-state index is 0.161. The third-order valence-corrected chi connectivity index (χ3v) is 3.88. The smallest absolute Gasteiger partial charge is 0.256 e. The standard InChI is InChI=1S/C14H14ClN3O3/c15-9-5-7(6-10-12(9)21-4-3-20-10)11-13(19)18-14(17-11)16-8-1-2-8/h5-6,8,11H,1-4H2,(H2,16,17,18,19). The third-order valence-electron chi connectivity index (χ3n) is 3.60. The number of halogens is 1. The van der Waals surface area contributed by atoms with Crippen molar-refractivity contribution in [2.75, 3.05) is 13.2 Å². The van der Waals surface area contributed by atoms with E-state index in [9.17, 15) is 4.79 Å². The van der Waals surface area contributed by atoms with E-state index in [4.69, 9.17) is 21.1 Å². The normalized spacial score (nSPS) is 23.6. The van der Waals surface area contributed by atoms with Gasteiger partial charge >= 0.3 is 0 Å². The van der Waals surface area contributed by atoms with Crippen molar-refractivity contribution >= 4 is 23.5 Å². The van der Waals surface area contributed by atoms with Gasteiger partial charge in [0.05, 0.1) is 5.02 Å². The number of hydrogen-bond acceptors (Lipinski definition) is 5. The Morgan fingerprint density at radius 3 is 2.90 bits per heavy atom. The minimum atomic E-state index is -0.598. The second kappa shape index (κ2) is 4.80. The summed E-state index contributed by atoms with van der Waals surface area (Å²) in [5.74, 6) is 1.48. The van der Waals surface area contributed by atoms with Gasteiger partial charge in [-0.2, -0.15) is 0 Å². The molecule has 2 N–H and O–H groups in total. The predicted octanol–water partition coefficient (Wildman–Crippen LogP) is 1.39. The van der Waals surface area contributed by atoms with E-state index in [1.807, 2.05) is 0 Å². The Labute approximate surface area is 126 Å². The monoisotopic (exact) mass is 307 g/mol. The summed E-state index contributed by atoms with van der Waals surface area (Å²) in [6, 6.07) is 3.32. The first kappa shape index (κ1) is 12.8. The van der Waals surface area contributed by atoms with Gasteiger partial charge in [0.15, 0.2) is 23.5 Å². The van der Waals surface area contributed by atoms with E-state index in [2.05, 4.69) is 15.6 Å². The minimum Gasteiger partial charge on any atom is -0.486 e. The van der Waals surface area contributed by atoms with Gasteiger partial charge in [0, 0.05) is 6.04 Å². The van der Waals surface area contributed by atoms with Crippen molar-refractivity contribution in [1.29, 1.82) is 0 Å². The molecule has 1 aliphatic carbocycles. The van der Waals surface area contributed by atoms with E-state index in [1.165, 1.54) is 0 Å². The Balaban J connectivity index is 1.64. The van der Waals surface area contributed by atoms with Crippen LogP contribution in [-0.4, -0.2) is 31.1 Å². The molecule has 1 amide bonds. The van der Waals surface area contributed by atoms with Crippen LogP contribution in [0.25, 0.3) is 0 Å². The molecule has 2 heterocycles. The van der Waals surface area contributed by atoms with E-state index in [0.717, 1.165) is 12.8 Å². The van der Waals surface area contributed by atoms with Crippen LogP contribution in [-0.2, 0) is 4.79 Å². The Morgan fingerprint density at radius 2 is 2.10 bits per heavy atom. The molecule has 7 heteroatoms. The number of amides is 1. The summed E-state index contributed by atoms with van der Waals surface area (Å²) in [7, 11) is 0. The molecule has 110 valence electrons. The van der Waals surface area contributed by atoms with Crippen molar-refractivity contribution in [2.45, 2.75) is 24.9 Å². The van der Waals surface area contributed by atoms with Crippen LogP contribution in [0.1, 0.15) is 24.4 Å². The first-order valence-corrected chi connectivity index (χ1v) is 7.33. The van der Waals surface area contributed by atoms with Gasteiger partial charge in [-0.25, -0.2) is 4.99 Å². The maximum absolute atomic E-state index is 12.1. The van der Waals surface area contributed by atoms with E-state index in [1.54, 1.807) is 12.1 Å². The van der Waals surface area contributed by atoms with Crippen LogP contribution >= 0.6 is 11.6 Å². The van der Waals surface area contributed by atoms with E-state index in [0.29, 0.717) is 47.3 Å². The van der Waals surface area contributed by atoms with E-state index >= 15 is 0 Å². The molecule has 1 aromatic carbocycles. The molecule has 4 rings (SSSR count). The molecule has 6 nitrogen and oxygen atoms in total. The van der Waals surface area contributed by atoms with Crippen LogP contribution in [0.2, 0.25) is 5.02 Å². The molecule has 1 aromatic rings. The van der Waals surface area contributed by atoms with Crippen LogP contribution in [0.15, 0.2) is 17.1 Å². The van der Waals surface area contributed by atoms with Crippen molar-refractivity contribution in [1.82, 2.24) is 10.6 Å². The lowest BCUT2D eigenvalue weighted by Gasteiger charge is -2.20. The van der Waals surface area contributed by atoms with Gasteiger partial charge in [-0.05, 0) is 30.5 Å². The molecular weight excluding hydrogens is 294 g/mol. The quantitative estimate of drug-likeness (QED) is 0.866. The molecule has 3 aliphatic rings. The fourth-order valence-electron chi connectivity index (χ4n) is 2.41. The number of aliphatic imine (C=N–C) groups is 1. The van der Waals surface area contributed by atoms with Crippen molar-refractivity contribution in [3.63, 3.8) is 0 Å². The molecule has 0 saturated heterocycles. The molecule has 1 unspecified atom stereocenters. The summed E-state index contributed by atoms with van der Waals surface area (Å²) >= 11 is 6.20. The third kappa shape index (κ3) is 2.40. The van der Waals surface area contributed by atoms with Gasteiger partial charge in [0.25, 0.3) is 5.91 Å². The number of hydrogen-bond donors (Lipinski definition) is 2. The Bertz CT molecular complexity index is 643. The molecule has 1 fully saturated rings. The molecule has 0 spiro atoms. The molecule has 1 atom stereocenters. The van der Waals surface area contributed by atoms with Gasteiger partial charge in [-0.1, -0.05) is 11.6 Å². The number of carbonyl (C=O) groups excluding carboxylic acids is 1. The lowest BCUT2D eigenvalue weighted by atomic mass is 10.1. The van der Waals surface area contributed by atoms with Crippen molar-refractivity contribution in [3.8, 4) is 11.5 Å². The van der Waals surface area contributed by atoms with Gasteiger partial charge in [0.2, 0.25) is 0 Å². The number of nitrogens with zero attached hydrogens (tertiary/aromatic N) is 1. The summed E-state index contributed by atoms with van der Waals surface area (Å²) in [6.07, 6.45) is 2.24. The zero-order chi connectivity index (χ0) is 14.4. The highest BCUT2D eigenvalue weighted by Gasteiger charge is 2.32. The molecule has 1 saturated carbocycles. The SMILES string of the molecule is O=C1NC(NC2CC2)=NC1c1cc(Cl)c2c(c1)OCCO2. The number of nitrogens with one attached hydrogen (secondary N) is 2. The van der Waals surface area contributed by atoms with Crippen molar-refractivity contribution in [3.05, 3.63) is 22.7 Å². The molecule has 0 radical (unpaired) electrons. The van der Waals surface area contributed by atoms with Gasteiger partial charge < -0.3 is 14.8 Å². The molecular formula is C14H14ClN3O3. The van der Waals surface area contributed by atoms with Gasteiger partial charge in [-0.15, -0.1) is 0 Å². The van der Waals surface area contributed by atoms with Gasteiger partial charge in [0.1, 0.15) is 13.2 Å². The van der Waals surface area contributed by atoms with Crippen molar-refractivity contribution < 1.29 is 14.3 Å². The first-order chi connectivity index (χ1) is 10.2. The topological polar surface area (TPSA) is 72.0 Å². The van der Waals surface area contributed by atoms with Crippen LogP contribution in [0.3, 0.4) is 0 Å². The average molecular weight is 308 g/mol. The highest BCUT2D eigenvalue weighted by Crippen LogP contribution is 2.40. The molecule has 0 aromatic heterocycles. The van der Waals surface area contributed by atoms with E-state index in [-0.39, 0.29) is 5.91 Å². The Hall–Kier alpha value is -1.95. The highest BCUT2D eigenvalue weighted by atomic mass is 35.5. The second-order valence-electron chi connectivity index (χ2n) is 5.32. The first-order valence-electron chi connectivity index (χ1n) is 6.95. The largest absolute Gasteiger partial charge is 0.486 e. The summed E-state index contributed by atoms with van der Waals surface area (Å²) in [5, 5.41) is 6.39. The van der Waals surface area contributed by atoms with Crippen molar-refractivity contribution in [2.24, 2.45) is 4.99 Å². The highest BCUT2D eigenvalue weighted by molar-refractivity contribution is 6.32. The van der Waals surface area contributed by atoms with Crippen LogP contribution < -0.4 is 20.1 Å². The number of fused-ring (bicyclic) bond motifs is 1. The summed E-state index contributed by atoms with van der Waals surface area (Å²) in [4.78, 5) is 16.5. The molecule has 2 aliphatic heterocycles. The number of benzene rings is 1. The molecule has 21 heavy (non-hydrogen) atoms.